The van der Waals surface area contributed by atoms with Crippen molar-refractivity contribution >= 4 is 17.2 Å². The molecule has 2 aromatic rings. The van der Waals surface area contributed by atoms with Gasteiger partial charge in [0.05, 0.1) is 5.02 Å². The van der Waals surface area contributed by atoms with Gasteiger partial charge in [0.2, 0.25) is 0 Å². The third-order valence-electron chi connectivity index (χ3n) is 1.75. The summed E-state index contributed by atoms with van der Waals surface area (Å²) in [6.07, 6.45) is 1.86. The zero-order valence-corrected chi connectivity index (χ0v) is 9.63. The molecule has 0 amide bonds. The molecule has 76 valence electrons. The molecule has 0 N–H and O–H groups in total. The highest BCUT2D eigenvalue weighted by Gasteiger charge is 2.05. The van der Waals surface area contributed by atoms with Gasteiger partial charge in [0.15, 0.2) is 5.65 Å². The predicted octanol–water partition coefficient (Wildman–Crippen LogP) is 3.03. The maximum absolute atomic E-state index is 6.02. The summed E-state index contributed by atoms with van der Waals surface area (Å²) in [6, 6.07) is 1.92. The Morgan fingerprint density at radius 1 is 1.29 bits per heavy atom. The summed E-state index contributed by atoms with van der Waals surface area (Å²) in [6.45, 7) is 7.80. The van der Waals surface area contributed by atoms with E-state index in [1.54, 1.807) is 4.52 Å². The monoisotopic (exact) mass is 211 g/mol. The van der Waals surface area contributed by atoms with Crippen LogP contribution in [0.4, 0.5) is 0 Å². The number of aromatic nitrogens is 3. The Kier molecular flexibility index (Phi) is 3.47. The van der Waals surface area contributed by atoms with E-state index in [4.69, 9.17) is 11.6 Å². The SMILES string of the molecule is CC.Cc1nc2c(Cl)c(C)ccn2n1. The van der Waals surface area contributed by atoms with E-state index in [2.05, 4.69) is 10.1 Å². The lowest BCUT2D eigenvalue weighted by molar-refractivity contribution is 0.928. The zero-order chi connectivity index (χ0) is 10.7. The summed E-state index contributed by atoms with van der Waals surface area (Å²) in [4.78, 5) is 4.19. The molecule has 0 aliphatic rings. The van der Waals surface area contributed by atoms with Crippen molar-refractivity contribution in [3.63, 3.8) is 0 Å². The van der Waals surface area contributed by atoms with Gasteiger partial charge in [0.1, 0.15) is 5.82 Å². The minimum atomic E-state index is 0.679. The first-order valence-corrected chi connectivity index (χ1v) is 5.04. The van der Waals surface area contributed by atoms with E-state index in [1.165, 1.54) is 0 Å². The molecule has 0 fully saturated rings. The highest BCUT2D eigenvalue weighted by atomic mass is 35.5. The molecular weight excluding hydrogens is 198 g/mol. The maximum atomic E-state index is 6.02. The maximum Gasteiger partial charge on any atom is 0.174 e. The highest BCUT2D eigenvalue weighted by Crippen LogP contribution is 2.19. The Bertz CT molecular complexity index is 434. The summed E-state index contributed by atoms with van der Waals surface area (Å²) in [7, 11) is 0. The van der Waals surface area contributed by atoms with Gasteiger partial charge in [-0.05, 0) is 25.5 Å². The standard InChI is InChI=1S/C8H8ClN3.C2H6/c1-5-3-4-12-8(7(5)9)10-6(2)11-12;1-2/h3-4H,1-2H3;1-2H3. The zero-order valence-electron chi connectivity index (χ0n) is 8.87. The molecule has 0 bridgehead atoms. The molecule has 2 aromatic heterocycles. The first kappa shape index (κ1) is 11.0. The summed E-state index contributed by atoms with van der Waals surface area (Å²) < 4.78 is 1.69. The molecule has 14 heavy (non-hydrogen) atoms. The van der Waals surface area contributed by atoms with Crippen LogP contribution < -0.4 is 0 Å². The Morgan fingerprint density at radius 3 is 2.57 bits per heavy atom. The van der Waals surface area contributed by atoms with Crippen LogP contribution in [0, 0.1) is 13.8 Å². The van der Waals surface area contributed by atoms with E-state index in [0.717, 1.165) is 17.0 Å². The second-order valence-corrected chi connectivity index (χ2v) is 3.12. The molecule has 0 radical (unpaired) electrons. The molecule has 4 heteroatoms. The Hall–Kier alpha value is -1.09. The van der Waals surface area contributed by atoms with Gasteiger partial charge in [0, 0.05) is 6.20 Å². The lowest BCUT2D eigenvalue weighted by atomic mass is 10.3. The third kappa shape index (κ3) is 1.87. The van der Waals surface area contributed by atoms with Crippen LogP contribution in [0.2, 0.25) is 5.02 Å². The Labute approximate surface area is 88.7 Å². The molecule has 2 heterocycles. The summed E-state index contributed by atoms with van der Waals surface area (Å²) in [5, 5.41) is 4.82. The van der Waals surface area contributed by atoms with E-state index in [1.807, 2.05) is 40.0 Å². The molecule has 0 saturated heterocycles. The lowest BCUT2D eigenvalue weighted by Crippen LogP contribution is -1.88. The van der Waals surface area contributed by atoms with Crippen molar-refractivity contribution in [1.82, 2.24) is 14.6 Å². The fourth-order valence-electron chi connectivity index (χ4n) is 1.12. The van der Waals surface area contributed by atoms with Crippen molar-refractivity contribution in [3.8, 4) is 0 Å². The van der Waals surface area contributed by atoms with Gasteiger partial charge in [-0.3, -0.25) is 0 Å². The number of hydrogen-bond acceptors (Lipinski definition) is 2. The molecule has 2 rings (SSSR count). The van der Waals surface area contributed by atoms with Crippen LogP contribution in [0.15, 0.2) is 12.3 Å². The van der Waals surface area contributed by atoms with Crippen LogP contribution in [-0.2, 0) is 0 Å². The minimum absolute atomic E-state index is 0.679. The fraction of sp³-hybridized carbons (Fsp3) is 0.400. The second kappa shape index (κ2) is 4.42. The van der Waals surface area contributed by atoms with Gasteiger partial charge >= 0.3 is 0 Å². The number of halogens is 1. The first-order valence-electron chi connectivity index (χ1n) is 4.66. The first-order chi connectivity index (χ1) is 6.68. The van der Waals surface area contributed by atoms with Gasteiger partial charge in [0.25, 0.3) is 0 Å². The number of pyridine rings is 1. The fourth-order valence-corrected chi connectivity index (χ4v) is 1.31. The van der Waals surface area contributed by atoms with E-state index in [9.17, 15) is 0 Å². The van der Waals surface area contributed by atoms with Crippen molar-refractivity contribution in [1.29, 1.82) is 0 Å². The van der Waals surface area contributed by atoms with Gasteiger partial charge < -0.3 is 0 Å². The number of hydrogen-bond donors (Lipinski definition) is 0. The number of rotatable bonds is 0. The van der Waals surface area contributed by atoms with Crippen molar-refractivity contribution in [2.45, 2.75) is 27.7 Å². The smallest absolute Gasteiger partial charge is 0.174 e. The van der Waals surface area contributed by atoms with Crippen LogP contribution >= 0.6 is 11.6 Å². The summed E-state index contributed by atoms with van der Waals surface area (Å²) >= 11 is 6.02. The van der Waals surface area contributed by atoms with Crippen molar-refractivity contribution in [3.05, 3.63) is 28.7 Å². The minimum Gasteiger partial charge on any atom is -0.219 e. The summed E-state index contributed by atoms with van der Waals surface area (Å²) in [5.74, 6) is 0.738. The van der Waals surface area contributed by atoms with Crippen molar-refractivity contribution in [2.24, 2.45) is 0 Å². The highest BCUT2D eigenvalue weighted by molar-refractivity contribution is 6.34. The van der Waals surface area contributed by atoms with E-state index >= 15 is 0 Å². The Morgan fingerprint density at radius 2 is 1.93 bits per heavy atom. The van der Waals surface area contributed by atoms with Crippen molar-refractivity contribution < 1.29 is 0 Å². The molecule has 0 aromatic carbocycles. The Balaban J connectivity index is 0.000000461. The average Bonchev–Trinajstić information content (AvgIpc) is 2.57. The van der Waals surface area contributed by atoms with E-state index < -0.39 is 0 Å². The average molecular weight is 212 g/mol. The molecular formula is C10H14ClN3. The van der Waals surface area contributed by atoms with Crippen LogP contribution in [-0.4, -0.2) is 14.6 Å². The van der Waals surface area contributed by atoms with Gasteiger partial charge in [-0.1, -0.05) is 25.4 Å². The topological polar surface area (TPSA) is 30.2 Å². The molecule has 3 nitrogen and oxygen atoms in total. The quantitative estimate of drug-likeness (QED) is 0.671. The number of fused-ring (bicyclic) bond motifs is 1. The third-order valence-corrected chi connectivity index (χ3v) is 2.21. The molecule has 0 aliphatic heterocycles. The lowest BCUT2D eigenvalue weighted by Gasteiger charge is -1.96. The number of aryl methyl sites for hydroxylation is 2. The van der Waals surface area contributed by atoms with Crippen LogP contribution in [0.3, 0.4) is 0 Å². The van der Waals surface area contributed by atoms with Gasteiger partial charge in [-0.2, -0.15) is 5.10 Å². The van der Waals surface area contributed by atoms with Crippen LogP contribution in [0.25, 0.3) is 5.65 Å². The molecule has 0 atom stereocenters. The number of nitrogens with zero attached hydrogens (tertiary/aromatic N) is 3. The van der Waals surface area contributed by atoms with E-state index in [0.29, 0.717) is 5.02 Å². The largest absolute Gasteiger partial charge is 0.219 e. The van der Waals surface area contributed by atoms with Crippen LogP contribution in [0.5, 0.6) is 0 Å². The summed E-state index contributed by atoms with van der Waals surface area (Å²) in [5.41, 5.74) is 1.76. The molecule has 0 aliphatic carbocycles. The molecule has 0 saturated carbocycles. The second-order valence-electron chi connectivity index (χ2n) is 2.74. The predicted molar refractivity (Wildman–Crippen MR) is 58.8 cm³/mol. The normalized spacial score (nSPS) is 9.79. The van der Waals surface area contributed by atoms with Crippen molar-refractivity contribution in [2.75, 3.05) is 0 Å². The van der Waals surface area contributed by atoms with Gasteiger partial charge in [-0.25, -0.2) is 9.50 Å². The van der Waals surface area contributed by atoms with Crippen LogP contribution in [0.1, 0.15) is 25.2 Å². The van der Waals surface area contributed by atoms with Gasteiger partial charge in [-0.15, -0.1) is 0 Å². The molecule has 0 spiro atoms. The van der Waals surface area contributed by atoms with E-state index in [-0.39, 0.29) is 0 Å². The molecule has 0 unspecified atom stereocenters.